The first-order valence-electron chi connectivity index (χ1n) is 37.6. The van der Waals surface area contributed by atoms with Gasteiger partial charge in [0.1, 0.15) is 0 Å². The van der Waals surface area contributed by atoms with Gasteiger partial charge in [-0.05, 0) is 105 Å². The number of halogens is 4. The van der Waals surface area contributed by atoms with Crippen molar-refractivity contribution in [2.45, 2.75) is 337 Å². The summed E-state index contributed by atoms with van der Waals surface area (Å²) in [5.41, 5.74) is 5.21. The van der Waals surface area contributed by atoms with Gasteiger partial charge in [-0.25, -0.2) is 8.78 Å². The van der Waals surface area contributed by atoms with E-state index in [2.05, 4.69) is 85.5 Å². The Kier molecular flexibility index (Phi) is 37.5. The highest BCUT2D eigenvalue weighted by Crippen LogP contribution is 2.52. The Balaban J connectivity index is 1.34. The molecule has 0 radical (unpaired) electrons. The summed E-state index contributed by atoms with van der Waals surface area (Å²) in [5, 5.41) is 0. The lowest BCUT2D eigenvalue weighted by Crippen LogP contribution is -2.30. The largest absolute Gasteiger partial charge is 0.305 e. The van der Waals surface area contributed by atoms with Crippen LogP contribution in [0.4, 0.5) is 20.2 Å². The standard InChI is InChI=1S/C80H122Br2F2N2O2S2/c1-7-13-19-25-31-33-37-43-49-61(47-41-35-27-21-15-9-3)57-63-59-69(89-77(63)81)65-51-53-67-71(79(87)85(75(67)73(65)83)55-45-39-29-23-17-11-5)72-68-54-52-66(74(84)76(68)86(80(72)88)56-46-40-30-24-18-12-6)70-60-64(78(82)90-70)58-62(48-42-36-28-22-16-10-4)50-44-38-34-32-26-20-14-8-2/h51-54,59-62H,7-50,55-58H2,1-6H3/b72-71-. The van der Waals surface area contributed by atoms with Gasteiger partial charge in [-0.1, -0.05) is 323 Å². The number of carbonyl (C=O) groups excluding carboxylic acids is 2. The van der Waals surface area contributed by atoms with E-state index in [0.717, 1.165) is 107 Å². The van der Waals surface area contributed by atoms with Crippen LogP contribution >= 0.6 is 54.5 Å². The molecule has 4 aromatic rings. The van der Waals surface area contributed by atoms with Crippen LogP contribution in [0.25, 0.3) is 32.0 Å². The van der Waals surface area contributed by atoms with Crippen molar-refractivity contribution in [2.75, 3.05) is 22.9 Å². The van der Waals surface area contributed by atoms with Crippen molar-refractivity contribution in [1.82, 2.24) is 0 Å². The van der Waals surface area contributed by atoms with E-state index < -0.39 is 11.6 Å². The van der Waals surface area contributed by atoms with Gasteiger partial charge >= 0.3 is 0 Å². The maximum Gasteiger partial charge on any atom is 0.259 e. The molecule has 0 spiro atoms. The summed E-state index contributed by atoms with van der Waals surface area (Å²) in [6, 6.07) is 11.9. The maximum atomic E-state index is 18.1. The number of benzene rings is 2. The van der Waals surface area contributed by atoms with Gasteiger partial charge in [0.05, 0.1) is 30.1 Å². The summed E-state index contributed by atoms with van der Waals surface area (Å²) in [6.45, 7) is 14.2. The van der Waals surface area contributed by atoms with Crippen LogP contribution in [0, 0.1) is 23.5 Å². The molecule has 2 unspecified atom stereocenters. The van der Waals surface area contributed by atoms with Crippen LogP contribution in [0.1, 0.15) is 346 Å². The maximum absolute atomic E-state index is 18.1. The van der Waals surface area contributed by atoms with Crippen molar-refractivity contribution in [1.29, 1.82) is 0 Å². The minimum atomic E-state index is -0.424. The van der Waals surface area contributed by atoms with Gasteiger partial charge in [-0.3, -0.25) is 9.59 Å². The highest BCUT2D eigenvalue weighted by molar-refractivity contribution is 9.11. The van der Waals surface area contributed by atoms with Crippen molar-refractivity contribution < 1.29 is 18.4 Å². The predicted octanol–water partition coefficient (Wildman–Crippen LogP) is 28.2. The van der Waals surface area contributed by atoms with Gasteiger partial charge in [0.2, 0.25) is 0 Å². The van der Waals surface area contributed by atoms with E-state index in [4.69, 9.17) is 0 Å². The Labute approximate surface area is 573 Å². The van der Waals surface area contributed by atoms with Crippen LogP contribution in [0.15, 0.2) is 44.0 Å². The molecule has 0 aliphatic carbocycles. The monoisotopic (exact) mass is 1400 g/mol. The molecule has 2 atom stereocenters. The minimum Gasteiger partial charge on any atom is -0.305 e. The van der Waals surface area contributed by atoms with Gasteiger partial charge in [0, 0.05) is 45.1 Å². The Morgan fingerprint density at radius 1 is 0.356 bits per heavy atom. The first kappa shape index (κ1) is 76.4. The fourth-order valence-corrected chi connectivity index (χ4v) is 17.9. The second-order valence-corrected chi connectivity index (χ2v) is 32.2. The van der Waals surface area contributed by atoms with E-state index in [1.54, 1.807) is 32.5 Å². The molecule has 6 rings (SSSR count). The number of anilines is 2. The molecule has 0 N–H and O–H groups in total. The quantitative estimate of drug-likeness (QED) is 0.0327. The Morgan fingerprint density at radius 3 is 0.878 bits per heavy atom. The molecular formula is C80H122Br2F2N2O2S2. The zero-order valence-corrected chi connectivity index (χ0v) is 62.4. The van der Waals surface area contributed by atoms with Gasteiger partial charge in [0.15, 0.2) is 11.6 Å². The van der Waals surface area contributed by atoms with Crippen molar-refractivity contribution in [3.05, 3.63) is 77.9 Å². The third kappa shape index (κ3) is 23.9. The number of amides is 2. The number of thiophene rings is 2. The molecule has 0 bridgehead atoms. The Morgan fingerprint density at radius 2 is 0.600 bits per heavy atom. The highest BCUT2D eigenvalue weighted by Gasteiger charge is 2.45. The van der Waals surface area contributed by atoms with Crippen LogP contribution in [-0.2, 0) is 22.4 Å². The van der Waals surface area contributed by atoms with E-state index in [9.17, 15) is 0 Å². The Hall–Kier alpha value is -2.66. The normalized spacial score (nSPS) is 14.7. The van der Waals surface area contributed by atoms with Crippen molar-refractivity contribution in [3.8, 4) is 20.9 Å². The van der Waals surface area contributed by atoms with E-state index in [1.165, 1.54) is 217 Å². The van der Waals surface area contributed by atoms with Gasteiger partial charge < -0.3 is 9.80 Å². The molecule has 10 heteroatoms. The van der Waals surface area contributed by atoms with Crippen LogP contribution < -0.4 is 9.80 Å². The lowest BCUT2D eigenvalue weighted by molar-refractivity contribution is -0.114. The summed E-state index contributed by atoms with van der Waals surface area (Å²) in [6.07, 6.45) is 55.6. The zero-order chi connectivity index (χ0) is 64.3. The number of fused-ring (bicyclic) bond motifs is 2. The molecule has 504 valence electrons. The van der Waals surface area contributed by atoms with E-state index >= 15 is 18.4 Å². The van der Waals surface area contributed by atoms with Crippen LogP contribution in [0.2, 0.25) is 0 Å². The van der Waals surface area contributed by atoms with E-state index in [0.29, 0.717) is 47.2 Å². The molecule has 2 aromatic heterocycles. The fourth-order valence-electron chi connectivity index (χ4n) is 14.4. The van der Waals surface area contributed by atoms with Gasteiger partial charge in [-0.15, -0.1) is 22.7 Å². The number of carbonyl (C=O) groups is 2. The molecule has 0 saturated carbocycles. The van der Waals surface area contributed by atoms with Gasteiger partial charge in [0.25, 0.3) is 11.8 Å². The topological polar surface area (TPSA) is 40.6 Å². The molecule has 2 aromatic carbocycles. The number of nitrogens with zero attached hydrogens (tertiary/aromatic N) is 2. The molecule has 2 aliphatic rings. The fraction of sp³-hybridized carbons (Fsp3) is 0.700. The molecule has 2 aliphatic heterocycles. The highest BCUT2D eigenvalue weighted by atomic mass is 79.9. The second-order valence-electron chi connectivity index (χ2n) is 27.4. The molecule has 90 heavy (non-hydrogen) atoms. The number of unbranched alkanes of at least 4 members (excludes halogenated alkanes) is 34. The molecule has 0 saturated heterocycles. The number of rotatable bonds is 52. The summed E-state index contributed by atoms with van der Waals surface area (Å²) in [5.74, 6) is -0.431. The first-order chi connectivity index (χ1) is 44.0. The van der Waals surface area contributed by atoms with E-state index in [-0.39, 0.29) is 34.3 Å². The summed E-state index contributed by atoms with van der Waals surface area (Å²) < 4.78 is 38.3. The molecule has 2 amide bonds. The second kappa shape index (κ2) is 44.2. The molecular weight excluding hydrogens is 1280 g/mol. The van der Waals surface area contributed by atoms with Crippen molar-refractivity contribution >= 4 is 88.9 Å². The number of hydrogen-bond acceptors (Lipinski definition) is 4. The summed E-state index contributed by atoms with van der Waals surface area (Å²) >= 11 is 11.1. The SMILES string of the molecule is CCCCCCCCCCC(CCCCCCCC)Cc1cc(-c2ccc3c(c2F)N(CCCCCCCC)C(=O)/C3=C2\C(=O)N(CCCCCCCC)c3c2ccc(-c2cc(CC(CCCCCCCC)CCCCCCCCCC)c(Br)s2)c3F)sc1Br. The minimum absolute atomic E-state index is 0.200. The lowest BCUT2D eigenvalue weighted by atomic mass is 9.89. The first-order valence-corrected chi connectivity index (χ1v) is 40.9. The molecule has 4 heterocycles. The predicted molar refractivity (Wildman–Crippen MR) is 398 cm³/mol. The van der Waals surface area contributed by atoms with Crippen LogP contribution in [-0.4, -0.2) is 24.9 Å². The smallest absolute Gasteiger partial charge is 0.259 e. The van der Waals surface area contributed by atoms with Crippen LogP contribution in [0.3, 0.4) is 0 Å². The molecule has 0 fully saturated rings. The Bertz CT molecular complexity index is 2550. The van der Waals surface area contributed by atoms with Crippen LogP contribution in [0.5, 0.6) is 0 Å². The zero-order valence-electron chi connectivity index (χ0n) is 57.6. The third-order valence-corrected chi connectivity index (χ3v) is 23.9. The summed E-state index contributed by atoms with van der Waals surface area (Å²) in [7, 11) is 0. The lowest BCUT2D eigenvalue weighted by Gasteiger charge is -2.19. The van der Waals surface area contributed by atoms with E-state index in [1.807, 2.05) is 24.3 Å². The number of hydrogen-bond donors (Lipinski definition) is 0. The van der Waals surface area contributed by atoms with Gasteiger partial charge in [-0.2, -0.15) is 0 Å². The average Bonchev–Trinajstić information content (AvgIpc) is 1.77. The van der Waals surface area contributed by atoms with Crippen molar-refractivity contribution in [2.24, 2.45) is 11.8 Å². The summed E-state index contributed by atoms with van der Waals surface area (Å²) in [4.78, 5) is 35.9. The third-order valence-electron chi connectivity index (χ3n) is 19.9. The molecule has 4 nitrogen and oxygen atoms in total. The van der Waals surface area contributed by atoms with Crippen molar-refractivity contribution in [3.63, 3.8) is 0 Å². The average molecular weight is 1410 g/mol.